The van der Waals surface area contributed by atoms with E-state index in [2.05, 4.69) is 17.2 Å². The van der Waals surface area contributed by atoms with Crippen LogP contribution in [0.5, 0.6) is 0 Å². The van der Waals surface area contributed by atoms with E-state index >= 15 is 0 Å². The Morgan fingerprint density at radius 2 is 2.24 bits per heavy atom. The number of anilines is 2. The van der Waals surface area contributed by atoms with Crippen LogP contribution in [0.2, 0.25) is 0 Å². The van der Waals surface area contributed by atoms with E-state index in [1.807, 2.05) is 0 Å². The molecule has 2 atom stereocenters. The van der Waals surface area contributed by atoms with Gasteiger partial charge >= 0.3 is 0 Å². The molecule has 5 N–H and O–H groups in total. The van der Waals surface area contributed by atoms with Crippen LogP contribution in [0.4, 0.5) is 11.5 Å². The van der Waals surface area contributed by atoms with E-state index in [1.54, 1.807) is 12.1 Å². The standard InChI is InChI=1S/C12H18N4O/c1-7-2-3-8(6-7)15-12-9(13)4-5-10(16-12)11(14)17/h4-5,7-8H,2-3,6,13H2,1H3,(H2,14,17)(H,15,16). The van der Waals surface area contributed by atoms with Crippen molar-refractivity contribution in [2.45, 2.75) is 32.2 Å². The van der Waals surface area contributed by atoms with Gasteiger partial charge in [0, 0.05) is 6.04 Å². The molecule has 1 aliphatic rings. The summed E-state index contributed by atoms with van der Waals surface area (Å²) in [5.41, 5.74) is 11.8. The van der Waals surface area contributed by atoms with Gasteiger partial charge in [0.1, 0.15) is 11.5 Å². The zero-order chi connectivity index (χ0) is 12.4. The quantitative estimate of drug-likeness (QED) is 0.736. The van der Waals surface area contributed by atoms with Crippen LogP contribution in [0.25, 0.3) is 0 Å². The van der Waals surface area contributed by atoms with E-state index in [9.17, 15) is 4.79 Å². The Hall–Kier alpha value is -1.78. The number of rotatable bonds is 3. The van der Waals surface area contributed by atoms with Crippen molar-refractivity contribution in [2.24, 2.45) is 11.7 Å². The predicted octanol–water partition coefficient (Wildman–Crippen LogP) is 1.36. The lowest BCUT2D eigenvalue weighted by Crippen LogP contribution is -2.20. The van der Waals surface area contributed by atoms with Gasteiger partial charge in [-0.25, -0.2) is 4.98 Å². The molecule has 1 fully saturated rings. The molecule has 0 radical (unpaired) electrons. The van der Waals surface area contributed by atoms with Gasteiger partial charge in [-0.1, -0.05) is 6.92 Å². The molecule has 1 heterocycles. The fraction of sp³-hybridized carbons (Fsp3) is 0.500. The van der Waals surface area contributed by atoms with E-state index in [4.69, 9.17) is 11.5 Å². The van der Waals surface area contributed by atoms with Gasteiger partial charge < -0.3 is 16.8 Å². The SMILES string of the molecule is CC1CCC(Nc2nc(C(N)=O)ccc2N)C1. The van der Waals surface area contributed by atoms with Crippen molar-refractivity contribution >= 4 is 17.4 Å². The Labute approximate surface area is 101 Å². The van der Waals surface area contributed by atoms with Crippen LogP contribution in [0.1, 0.15) is 36.7 Å². The first-order chi connectivity index (χ1) is 8.06. The zero-order valence-corrected chi connectivity index (χ0v) is 9.94. The zero-order valence-electron chi connectivity index (χ0n) is 9.94. The summed E-state index contributed by atoms with van der Waals surface area (Å²) in [7, 11) is 0. The van der Waals surface area contributed by atoms with Crippen molar-refractivity contribution in [1.29, 1.82) is 0 Å². The minimum Gasteiger partial charge on any atom is -0.396 e. The first kappa shape index (κ1) is 11.7. The molecule has 1 aromatic rings. The Bertz CT molecular complexity index is 433. The number of hydrogen-bond donors (Lipinski definition) is 3. The molecular weight excluding hydrogens is 216 g/mol. The fourth-order valence-corrected chi connectivity index (χ4v) is 2.25. The predicted molar refractivity (Wildman–Crippen MR) is 67.6 cm³/mol. The molecule has 0 aliphatic heterocycles. The summed E-state index contributed by atoms with van der Waals surface area (Å²) in [6.07, 6.45) is 3.44. The molecule has 2 rings (SSSR count). The first-order valence-electron chi connectivity index (χ1n) is 5.89. The van der Waals surface area contributed by atoms with E-state index in [1.165, 1.54) is 6.42 Å². The second-order valence-corrected chi connectivity index (χ2v) is 4.76. The number of hydrogen-bond acceptors (Lipinski definition) is 4. The lowest BCUT2D eigenvalue weighted by atomic mass is 10.1. The lowest BCUT2D eigenvalue weighted by molar-refractivity contribution is 0.0995. The van der Waals surface area contributed by atoms with Crippen LogP contribution in [0.15, 0.2) is 12.1 Å². The molecule has 1 saturated carbocycles. The van der Waals surface area contributed by atoms with Crippen molar-refractivity contribution in [3.63, 3.8) is 0 Å². The largest absolute Gasteiger partial charge is 0.396 e. The molecule has 2 unspecified atom stereocenters. The van der Waals surface area contributed by atoms with Crippen molar-refractivity contribution in [1.82, 2.24) is 4.98 Å². The first-order valence-corrected chi connectivity index (χ1v) is 5.89. The van der Waals surface area contributed by atoms with Gasteiger partial charge in [-0.3, -0.25) is 4.79 Å². The van der Waals surface area contributed by atoms with Crippen molar-refractivity contribution in [2.75, 3.05) is 11.1 Å². The van der Waals surface area contributed by atoms with Gasteiger partial charge in [0.15, 0.2) is 0 Å². The highest BCUT2D eigenvalue weighted by molar-refractivity contribution is 5.91. The molecule has 1 amide bonds. The van der Waals surface area contributed by atoms with Crippen molar-refractivity contribution in [3.8, 4) is 0 Å². The number of nitrogens with one attached hydrogen (secondary N) is 1. The number of carbonyl (C=O) groups is 1. The number of amides is 1. The summed E-state index contributed by atoms with van der Waals surface area (Å²) in [5, 5.41) is 3.29. The second kappa shape index (κ2) is 4.61. The summed E-state index contributed by atoms with van der Waals surface area (Å²) >= 11 is 0. The summed E-state index contributed by atoms with van der Waals surface area (Å²) in [6.45, 7) is 2.23. The highest BCUT2D eigenvalue weighted by Crippen LogP contribution is 2.28. The molecule has 17 heavy (non-hydrogen) atoms. The van der Waals surface area contributed by atoms with Crippen LogP contribution in [0, 0.1) is 5.92 Å². The van der Waals surface area contributed by atoms with Crippen LogP contribution < -0.4 is 16.8 Å². The average Bonchev–Trinajstić information content (AvgIpc) is 2.67. The third-order valence-electron chi connectivity index (χ3n) is 3.21. The molecule has 1 aromatic heterocycles. The minimum absolute atomic E-state index is 0.243. The molecule has 5 nitrogen and oxygen atoms in total. The number of nitrogens with zero attached hydrogens (tertiary/aromatic N) is 1. The molecular formula is C12H18N4O. The molecule has 0 aromatic carbocycles. The summed E-state index contributed by atoms with van der Waals surface area (Å²) in [6, 6.07) is 3.59. The Morgan fingerprint density at radius 1 is 1.47 bits per heavy atom. The average molecular weight is 234 g/mol. The summed E-state index contributed by atoms with van der Waals surface area (Å²) in [5.74, 6) is 0.765. The van der Waals surface area contributed by atoms with Gasteiger partial charge in [0.05, 0.1) is 5.69 Å². The maximum Gasteiger partial charge on any atom is 0.267 e. The molecule has 5 heteroatoms. The maximum atomic E-state index is 11.0. The van der Waals surface area contributed by atoms with Crippen LogP contribution in [0.3, 0.4) is 0 Å². The Morgan fingerprint density at radius 3 is 2.82 bits per heavy atom. The third-order valence-corrected chi connectivity index (χ3v) is 3.21. The van der Waals surface area contributed by atoms with Gasteiger partial charge in [0.25, 0.3) is 5.91 Å². The Balaban J connectivity index is 2.14. The van der Waals surface area contributed by atoms with E-state index in [0.29, 0.717) is 17.5 Å². The third kappa shape index (κ3) is 2.67. The van der Waals surface area contributed by atoms with Gasteiger partial charge in [-0.2, -0.15) is 0 Å². The lowest BCUT2D eigenvalue weighted by Gasteiger charge is -2.15. The van der Waals surface area contributed by atoms with Crippen molar-refractivity contribution in [3.05, 3.63) is 17.8 Å². The number of nitrogen functional groups attached to an aromatic ring is 1. The number of aromatic nitrogens is 1. The molecule has 0 saturated heterocycles. The Kier molecular flexibility index (Phi) is 3.17. The highest BCUT2D eigenvalue weighted by Gasteiger charge is 2.22. The monoisotopic (exact) mass is 234 g/mol. The summed E-state index contributed by atoms with van der Waals surface area (Å²) in [4.78, 5) is 15.2. The van der Waals surface area contributed by atoms with Gasteiger partial charge in [-0.15, -0.1) is 0 Å². The van der Waals surface area contributed by atoms with Gasteiger partial charge in [0.2, 0.25) is 0 Å². The number of primary amides is 1. The van der Waals surface area contributed by atoms with Crippen LogP contribution in [-0.4, -0.2) is 16.9 Å². The highest BCUT2D eigenvalue weighted by atomic mass is 16.1. The molecule has 92 valence electrons. The van der Waals surface area contributed by atoms with E-state index < -0.39 is 5.91 Å². The topological polar surface area (TPSA) is 94.0 Å². The molecule has 0 spiro atoms. The number of pyridine rings is 1. The van der Waals surface area contributed by atoms with Crippen molar-refractivity contribution < 1.29 is 4.79 Å². The smallest absolute Gasteiger partial charge is 0.267 e. The molecule has 1 aliphatic carbocycles. The second-order valence-electron chi connectivity index (χ2n) is 4.76. The normalized spacial score (nSPS) is 23.6. The number of carbonyl (C=O) groups excluding carboxylic acids is 1. The maximum absolute atomic E-state index is 11.0. The van der Waals surface area contributed by atoms with Gasteiger partial charge in [-0.05, 0) is 37.3 Å². The summed E-state index contributed by atoms with van der Waals surface area (Å²) < 4.78 is 0. The van der Waals surface area contributed by atoms with E-state index in [-0.39, 0.29) is 5.69 Å². The fourth-order valence-electron chi connectivity index (χ4n) is 2.25. The van der Waals surface area contributed by atoms with Crippen LogP contribution in [-0.2, 0) is 0 Å². The van der Waals surface area contributed by atoms with Crippen LogP contribution >= 0.6 is 0 Å². The molecule has 0 bridgehead atoms. The van der Waals surface area contributed by atoms with E-state index in [0.717, 1.165) is 18.8 Å². The minimum atomic E-state index is -0.534. The number of nitrogens with two attached hydrogens (primary N) is 2.